The fourth-order valence-electron chi connectivity index (χ4n) is 1.22. The third kappa shape index (κ3) is 9.64. The Bertz CT molecular complexity index is 273. The molecule has 1 fully saturated rings. The Morgan fingerprint density at radius 1 is 1.40 bits per heavy atom. The average molecular weight is 239 g/mol. The zero-order valence-corrected chi connectivity index (χ0v) is 9.71. The molecule has 6 nitrogen and oxygen atoms in total. The van der Waals surface area contributed by atoms with Crippen molar-refractivity contribution in [3.63, 3.8) is 0 Å². The Balaban J connectivity index is 0.000000336. The molecule has 90 valence electrons. The molecule has 0 aromatic rings. The molecule has 0 bridgehead atoms. The summed E-state index contributed by atoms with van der Waals surface area (Å²) in [6, 6.07) is 0. The van der Waals surface area contributed by atoms with Gasteiger partial charge in [-0.15, -0.1) is 0 Å². The van der Waals surface area contributed by atoms with Gasteiger partial charge in [-0.25, -0.2) is 0 Å². The van der Waals surface area contributed by atoms with Crippen molar-refractivity contribution in [2.24, 2.45) is 5.92 Å². The van der Waals surface area contributed by atoms with Crippen molar-refractivity contribution in [3.05, 3.63) is 0 Å². The van der Waals surface area contributed by atoms with E-state index in [1.807, 2.05) is 0 Å². The third-order valence-electron chi connectivity index (χ3n) is 1.87. The molecule has 0 spiro atoms. The Labute approximate surface area is 89.7 Å². The fourth-order valence-corrected chi connectivity index (χ4v) is 1.22. The summed E-state index contributed by atoms with van der Waals surface area (Å²) in [5.41, 5.74) is 0. The Hall–Kier alpha value is -0.660. The van der Waals surface area contributed by atoms with Crippen LogP contribution in [0.3, 0.4) is 0 Å². The number of rotatable bonds is 1. The van der Waals surface area contributed by atoms with Crippen LogP contribution in [0.5, 0.6) is 0 Å². The molecule has 1 saturated heterocycles. The van der Waals surface area contributed by atoms with E-state index in [4.69, 9.17) is 4.55 Å². The van der Waals surface area contributed by atoms with Crippen LogP contribution in [0.15, 0.2) is 0 Å². The molecule has 0 aliphatic carbocycles. The number of methoxy groups -OCH3 is 1. The summed E-state index contributed by atoms with van der Waals surface area (Å²) in [5, 5.41) is 3.19. The van der Waals surface area contributed by atoms with Gasteiger partial charge >= 0.3 is 5.97 Å². The van der Waals surface area contributed by atoms with Gasteiger partial charge in [0.1, 0.15) is 0 Å². The molecule has 1 rings (SSSR count). The second-order valence-electron chi connectivity index (χ2n) is 3.28. The summed E-state index contributed by atoms with van der Waals surface area (Å²) >= 11 is 0. The number of carbonyl (C=O) groups is 1. The number of nitrogens with one attached hydrogen (secondary N) is 1. The SMILES string of the molecule is COC(=O)C1CCNCC1.CS(=O)(=O)O. The van der Waals surface area contributed by atoms with E-state index < -0.39 is 10.1 Å². The zero-order valence-electron chi connectivity index (χ0n) is 8.89. The van der Waals surface area contributed by atoms with Gasteiger partial charge in [-0.2, -0.15) is 8.42 Å². The first-order chi connectivity index (χ1) is 6.84. The van der Waals surface area contributed by atoms with E-state index in [2.05, 4.69) is 10.1 Å². The van der Waals surface area contributed by atoms with Crippen molar-refractivity contribution in [2.75, 3.05) is 26.5 Å². The quantitative estimate of drug-likeness (QED) is 0.480. The second-order valence-corrected chi connectivity index (χ2v) is 4.75. The first-order valence-electron chi connectivity index (χ1n) is 4.55. The van der Waals surface area contributed by atoms with Crippen LogP contribution in [0.4, 0.5) is 0 Å². The Kier molecular flexibility index (Phi) is 6.46. The minimum absolute atomic E-state index is 0.0542. The van der Waals surface area contributed by atoms with Crippen molar-refractivity contribution >= 4 is 16.1 Å². The summed E-state index contributed by atoms with van der Waals surface area (Å²) in [4.78, 5) is 10.9. The van der Waals surface area contributed by atoms with Crippen molar-refractivity contribution in [2.45, 2.75) is 12.8 Å². The van der Waals surface area contributed by atoms with Gasteiger partial charge in [0, 0.05) is 0 Å². The Morgan fingerprint density at radius 3 is 2.13 bits per heavy atom. The van der Waals surface area contributed by atoms with Gasteiger partial charge < -0.3 is 10.1 Å². The smallest absolute Gasteiger partial charge is 0.308 e. The standard InChI is InChI=1S/C7H13NO2.CH4O3S/c1-10-7(9)6-2-4-8-5-3-6;1-5(2,3)4/h6,8H,2-5H2,1H3;1H3,(H,2,3,4). The van der Waals surface area contributed by atoms with Crippen molar-refractivity contribution in [1.82, 2.24) is 5.32 Å². The zero-order chi connectivity index (χ0) is 11.9. The highest BCUT2D eigenvalue weighted by molar-refractivity contribution is 7.85. The summed E-state index contributed by atoms with van der Waals surface area (Å²) in [7, 11) is -2.22. The minimum Gasteiger partial charge on any atom is -0.469 e. The topological polar surface area (TPSA) is 92.7 Å². The molecule has 1 aliphatic rings. The lowest BCUT2D eigenvalue weighted by Crippen LogP contribution is -2.32. The van der Waals surface area contributed by atoms with E-state index >= 15 is 0 Å². The molecule has 0 aromatic heterocycles. The first kappa shape index (κ1) is 14.3. The van der Waals surface area contributed by atoms with Gasteiger partial charge in [-0.1, -0.05) is 0 Å². The molecule has 0 atom stereocenters. The lowest BCUT2D eigenvalue weighted by molar-refractivity contribution is -0.146. The van der Waals surface area contributed by atoms with Crippen LogP contribution < -0.4 is 5.32 Å². The number of ether oxygens (including phenoxy) is 1. The predicted molar refractivity (Wildman–Crippen MR) is 55.1 cm³/mol. The molecule has 15 heavy (non-hydrogen) atoms. The van der Waals surface area contributed by atoms with E-state index in [1.54, 1.807) is 0 Å². The summed E-state index contributed by atoms with van der Waals surface area (Å²) in [5.74, 6) is 0.0905. The minimum atomic E-state index is -3.67. The van der Waals surface area contributed by atoms with Crippen LogP contribution in [-0.4, -0.2) is 45.4 Å². The second kappa shape index (κ2) is 6.76. The van der Waals surface area contributed by atoms with Crippen molar-refractivity contribution in [1.29, 1.82) is 0 Å². The largest absolute Gasteiger partial charge is 0.469 e. The monoisotopic (exact) mass is 239 g/mol. The van der Waals surface area contributed by atoms with E-state index in [0.29, 0.717) is 6.26 Å². The number of esters is 1. The van der Waals surface area contributed by atoms with Crippen molar-refractivity contribution < 1.29 is 22.5 Å². The molecule has 0 saturated carbocycles. The third-order valence-corrected chi connectivity index (χ3v) is 1.87. The highest BCUT2D eigenvalue weighted by Gasteiger charge is 2.20. The van der Waals surface area contributed by atoms with Crippen LogP contribution >= 0.6 is 0 Å². The van der Waals surface area contributed by atoms with Crippen LogP contribution in [0.2, 0.25) is 0 Å². The molecule has 7 heteroatoms. The molecule has 0 unspecified atom stereocenters. The Morgan fingerprint density at radius 2 is 1.80 bits per heavy atom. The molecule has 0 aromatic carbocycles. The van der Waals surface area contributed by atoms with Crippen LogP contribution in [0.1, 0.15) is 12.8 Å². The number of hydrogen-bond acceptors (Lipinski definition) is 5. The van der Waals surface area contributed by atoms with E-state index in [1.165, 1.54) is 7.11 Å². The van der Waals surface area contributed by atoms with Gasteiger partial charge in [0.15, 0.2) is 0 Å². The first-order valence-corrected chi connectivity index (χ1v) is 6.40. The molecule has 1 heterocycles. The average Bonchev–Trinajstić information content (AvgIpc) is 2.15. The molecular formula is C8H17NO5S. The summed E-state index contributed by atoms with van der Waals surface area (Å²) < 4.78 is 30.5. The maximum atomic E-state index is 10.9. The normalized spacial score (nSPS) is 17.5. The number of piperidine rings is 1. The van der Waals surface area contributed by atoms with E-state index in [-0.39, 0.29) is 11.9 Å². The molecule has 1 aliphatic heterocycles. The highest BCUT2D eigenvalue weighted by Crippen LogP contribution is 2.12. The predicted octanol–water partition coefficient (Wildman–Crippen LogP) is -0.337. The van der Waals surface area contributed by atoms with Crippen LogP contribution in [0, 0.1) is 5.92 Å². The van der Waals surface area contributed by atoms with Crippen LogP contribution in [0.25, 0.3) is 0 Å². The summed E-state index contributed by atoms with van der Waals surface area (Å²) in [6.07, 6.45) is 2.56. The van der Waals surface area contributed by atoms with Crippen LogP contribution in [-0.2, 0) is 19.6 Å². The van der Waals surface area contributed by atoms with E-state index in [9.17, 15) is 13.2 Å². The molecule has 2 N–H and O–H groups in total. The summed E-state index contributed by atoms with van der Waals surface area (Å²) in [6.45, 7) is 1.89. The van der Waals surface area contributed by atoms with Gasteiger partial charge in [0.2, 0.25) is 0 Å². The lowest BCUT2D eigenvalue weighted by Gasteiger charge is -2.19. The van der Waals surface area contributed by atoms with Gasteiger partial charge in [0.25, 0.3) is 10.1 Å². The van der Waals surface area contributed by atoms with Gasteiger partial charge in [0.05, 0.1) is 19.3 Å². The maximum absolute atomic E-state index is 10.9. The maximum Gasteiger partial charge on any atom is 0.308 e. The lowest BCUT2D eigenvalue weighted by atomic mass is 9.99. The highest BCUT2D eigenvalue weighted by atomic mass is 32.2. The molecule has 0 amide bonds. The van der Waals surface area contributed by atoms with Crippen molar-refractivity contribution in [3.8, 4) is 0 Å². The van der Waals surface area contributed by atoms with Gasteiger partial charge in [-0.05, 0) is 25.9 Å². The van der Waals surface area contributed by atoms with Gasteiger partial charge in [-0.3, -0.25) is 9.35 Å². The number of carbonyl (C=O) groups excluding carboxylic acids is 1. The molecule has 0 radical (unpaired) electrons. The number of hydrogen-bond donors (Lipinski definition) is 2. The fraction of sp³-hybridized carbons (Fsp3) is 0.875. The molecular weight excluding hydrogens is 222 g/mol. The van der Waals surface area contributed by atoms with E-state index in [0.717, 1.165) is 25.9 Å².